The lowest BCUT2D eigenvalue weighted by Crippen LogP contribution is -2.16. The molecule has 0 heterocycles. The molecule has 0 radical (unpaired) electrons. The Morgan fingerprint density at radius 1 is 1.71 bits per heavy atom. The molecule has 0 saturated heterocycles. The highest BCUT2D eigenvalue weighted by molar-refractivity contribution is 8.13. The molecule has 0 saturated carbocycles. The van der Waals surface area contributed by atoms with Crippen LogP contribution in [-0.2, 0) is 0 Å². The predicted molar refractivity (Wildman–Crippen MR) is 68.0 cm³/mol. The largest absolute Gasteiger partial charge is 0.271 e. The molecular formula is C9H7ClN4O2S. The van der Waals surface area contributed by atoms with Gasteiger partial charge in [0.15, 0.2) is 5.17 Å². The molecule has 0 aliphatic rings. The van der Waals surface area contributed by atoms with Crippen LogP contribution in [0.5, 0.6) is 0 Å². The van der Waals surface area contributed by atoms with Gasteiger partial charge in [0.2, 0.25) is 6.19 Å². The maximum Gasteiger partial charge on any atom is 0.271 e. The van der Waals surface area contributed by atoms with Crippen molar-refractivity contribution < 1.29 is 4.92 Å². The number of hydrogen-bond donors (Lipinski definition) is 0. The Bertz CT molecular complexity index is 500. The van der Waals surface area contributed by atoms with Crippen LogP contribution in [0.2, 0.25) is 0 Å². The van der Waals surface area contributed by atoms with Crippen molar-refractivity contribution >= 4 is 40.1 Å². The number of nitrogens with zero attached hydrogens (tertiary/aromatic N) is 4. The van der Waals surface area contributed by atoms with Crippen LogP contribution in [0, 0.1) is 21.6 Å². The number of hydrogen-bond acceptors (Lipinski definition) is 5. The van der Waals surface area contributed by atoms with Crippen LogP contribution >= 0.6 is 23.5 Å². The molecule has 17 heavy (non-hydrogen) atoms. The first kappa shape index (κ1) is 13.3. The number of thioether (sulfide) groups is 1. The van der Waals surface area contributed by atoms with Crippen molar-refractivity contribution in [3.05, 3.63) is 34.4 Å². The van der Waals surface area contributed by atoms with E-state index in [-0.39, 0.29) is 10.9 Å². The zero-order valence-corrected chi connectivity index (χ0v) is 10.3. The van der Waals surface area contributed by atoms with Gasteiger partial charge in [-0.3, -0.25) is 10.1 Å². The van der Waals surface area contributed by atoms with Gasteiger partial charge in [-0.25, -0.2) is 4.42 Å². The first-order valence-electron chi connectivity index (χ1n) is 4.31. The molecule has 0 aliphatic carbocycles. The summed E-state index contributed by atoms with van der Waals surface area (Å²) in [5.74, 6) is 0. The summed E-state index contributed by atoms with van der Waals surface area (Å²) < 4.78 is 1.10. The second-order valence-electron chi connectivity index (χ2n) is 2.76. The van der Waals surface area contributed by atoms with Gasteiger partial charge in [0, 0.05) is 23.9 Å². The average Bonchev–Trinajstić information content (AvgIpc) is 2.35. The van der Waals surface area contributed by atoms with E-state index in [9.17, 15) is 10.1 Å². The summed E-state index contributed by atoms with van der Waals surface area (Å²) in [6.07, 6.45) is 3.31. The quantitative estimate of drug-likeness (QED) is 0.206. The molecule has 0 aromatic heterocycles. The van der Waals surface area contributed by atoms with Gasteiger partial charge in [0.05, 0.1) is 10.6 Å². The highest BCUT2D eigenvalue weighted by atomic mass is 35.5. The summed E-state index contributed by atoms with van der Waals surface area (Å²) in [6, 6.07) is 5.75. The molecule has 0 unspecified atom stereocenters. The summed E-state index contributed by atoms with van der Waals surface area (Å²) in [4.78, 5) is 13.6. The smallest absolute Gasteiger partial charge is 0.258 e. The van der Waals surface area contributed by atoms with Crippen molar-refractivity contribution in [2.45, 2.75) is 0 Å². The second-order valence-corrected chi connectivity index (χ2v) is 3.87. The fourth-order valence-corrected chi connectivity index (χ4v) is 1.80. The van der Waals surface area contributed by atoms with E-state index in [4.69, 9.17) is 17.0 Å². The fourth-order valence-electron chi connectivity index (χ4n) is 1.05. The molecule has 6 nitrogen and oxygen atoms in total. The minimum absolute atomic E-state index is 0.0782. The van der Waals surface area contributed by atoms with E-state index in [1.165, 1.54) is 18.2 Å². The second kappa shape index (κ2) is 6.08. The van der Waals surface area contributed by atoms with Crippen LogP contribution in [0.25, 0.3) is 0 Å². The number of nitro benzene ring substituents is 1. The standard InChI is InChI=1S/C9H7ClN4O2S/c1-17-9(12-6-11)13(10)7-3-2-4-8(5-7)14(15)16/h2-5H,1H3. The fraction of sp³-hybridized carbons (Fsp3) is 0.111. The van der Waals surface area contributed by atoms with Gasteiger partial charge in [0.1, 0.15) is 0 Å². The molecular weight excluding hydrogens is 264 g/mol. The summed E-state index contributed by atoms with van der Waals surface area (Å²) in [6.45, 7) is 0. The number of benzene rings is 1. The lowest BCUT2D eigenvalue weighted by Gasteiger charge is -2.14. The molecule has 8 heteroatoms. The number of halogens is 1. The van der Waals surface area contributed by atoms with Crippen molar-refractivity contribution in [2.24, 2.45) is 4.99 Å². The van der Waals surface area contributed by atoms with E-state index in [0.29, 0.717) is 5.69 Å². The Hall–Kier alpha value is -1.78. The SMILES string of the molecule is CSC(=NC#N)N(Cl)c1cccc([N+](=O)[O-])c1. The van der Waals surface area contributed by atoms with Gasteiger partial charge in [-0.1, -0.05) is 17.8 Å². The number of anilines is 1. The minimum Gasteiger partial charge on any atom is -0.258 e. The molecule has 1 rings (SSSR count). The third-order valence-electron chi connectivity index (χ3n) is 1.76. The van der Waals surface area contributed by atoms with Crippen molar-refractivity contribution in [1.82, 2.24) is 0 Å². The van der Waals surface area contributed by atoms with Gasteiger partial charge >= 0.3 is 0 Å². The van der Waals surface area contributed by atoms with E-state index < -0.39 is 4.92 Å². The maximum absolute atomic E-state index is 10.6. The molecule has 0 N–H and O–H groups in total. The third-order valence-corrected chi connectivity index (χ3v) is 2.86. The van der Waals surface area contributed by atoms with E-state index in [1.807, 2.05) is 0 Å². The molecule has 1 aromatic carbocycles. The van der Waals surface area contributed by atoms with Crippen LogP contribution in [-0.4, -0.2) is 16.3 Å². The van der Waals surface area contributed by atoms with E-state index >= 15 is 0 Å². The molecule has 0 fully saturated rings. The van der Waals surface area contributed by atoms with E-state index in [2.05, 4.69) is 4.99 Å². The zero-order valence-electron chi connectivity index (χ0n) is 8.70. The van der Waals surface area contributed by atoms with Crippen LogP contribution in [0.1, 0.15) is 0 Å². The maximum atomic E-state index is 10.6. The number of nitriles is 1. The first-order valence-corrected chi connectivity index (χ1v) is 5.87. The molecule has 0 spiro atoms. The summed E-state index contributed by atoms with van der Waals surface area (Å²) in [7, 11) is 0. The van der Waals surface area contributed by atoms with Crippen LogP contribution in [0.15, 0.2) is 29.3 Å². The number of non-ortho nitro benzene ring substituents is 1. The van der Waals surface area contributed by atoms with Gasteiger partial charge in [-0.15, -0.1) is 4.99 Å². The van der Waals surface area contributed by atoms with E-state index in [0.717, 1.165) is 16.2 Å². The highest BCUT2D eigenvalue weighted by Crippen LogP contribution is 2.25. The van der Waals surface area contributed by atoms with Crippen molar-refractivity contribution in [1.29, 1.82) is 5.26 Å². The van der Waals surface area contributed by atoms with Gasteiger partial charge in [-0.05, 0) is 12.3 Å². The number of nitro groups is 1. The first-order chi connectivity index (χ1) is 8.10. The zero-order chi connectivity index (χ0) is 12.8. The Morgan fingerprint density at radius 3 is 2.94 bits per heavy atom. The lowest BCUT2D eigenvalue weighted by atomic mass is 10.3. The van der Waals surface area contributed by atoms with Crippen LogP contribution in [0.4, 0.5) is 11.4 Å². The molecule has 0 bridgehead atoms. The third kappa shape index (κ3) is 3.34. The molecule has 0 atom stereocenters. The van der Waals surface area contributed by atoms with Crippen molar-refractivity contribution in [3.8, 4) is 6.19 Å². The monoisotopic (exact) mass is 270 g/mol. The van der Waals surface area contributed by atoms with Gasteiger partial charge in [-0.2, -0.15) is 5.26 Å². The van der Waals surface area contributed by atoms with Crippen LogP contribution in [0.3, 0.4) is 0 Å². The Morgan fingerprint density at radius 2 is 2.41 bits per heavy atom. The van der Waals surface area contributed by atoms with Gasteiger partial charge < -0.3 is 0 Å². The molecule has 0 amide bonds. The number of aliphatic imine (C=N–C) groups is 1. The topological polar surface area (TPSA) is 82.5 Å². The lowest BCUT2D eigenvalue weighted by molar-refractivity contribution is -0.384. The Balaban J connectivity index is 3.08. The normalized spacial score (nSPS) is 10.8. The highest BCUT2D eigenvalue weighted by Gasteiger charge is 2.14. The molecule has 1 aromatic rings. The number of rotatable bonds is 2. The summed E-state index contributed by atoms with van der Waals surface area (Å²) >= 11 is 7.10. The number of amidine groups is 1. The van der Waals surface area contributed by atoms with Gasteiger partial charge in [0.25, 0.3) is 5.69 Å². The van der Waals surface area contributed by atoms with E-state index in [1.54, 1.807) is 18.5 Å². The Kier molecular flexibility index (Phi) is 4.75. The predicted octanol–water partition coefficient (Wildman–Crippen LogP) is 2.76. The van der Waals surface area contributed by atoms with Crippen molar-refractivity contribution in [2.75, 3.05) is 10.7 Å². The molecule has 88 valence electrons. The summed E-state index contributed by atoms with van der Waals surface area (Å²) in [5.41, 5.74) is 0.301. The molecule has 0 aliphatic heterocycles. The minimum atomic E-state index is -0.519. The van der Waals surface area contributed by atoms with Crippen LogP contribution < -0.4 is 4.42 Å². The van der Waals surface area contributed by atoms with Crippen molar-refractivity contribution in [3.63, 3.8) is 0 Å². The Labute approximate surface area is 107 Å². The average molecular weight is 271 g/mol. The summed E-state index contributed by atoms with van der Waals surface area (Å²) in [5, 5.41) is 19.3.